The van der Waals surface area contributed by atoms with E-state index in [0.717, 1.165) is 12.2 Å². The Bertz CT molecular complexity index is 295. The van der Waals surface area contributed by atoms with E-state index in [1.165, 1.54) is 5.57 Å². The van der Waals surface area contributed by atoms with Gasteiger partial charge in [-0.1, -0.05) is 12.2 Å². The van der Waals surface area contributed by atoms with Crippen molar-refractivity contribution in [1.82, 2.24) is 9.55 Å². The molecule has 0 aromatic carbocycles. The predicted molar refractivity (Wildman–Crippen MR) is 51.7 cm³/mol. The Kier molecular flexibility index (Phi) is 2.86. The number of hydrogen-bond acceptors (Lipinski definition) is 1. The summed E-state index contributed by atoms with van der Waals surface area (Å²) in [4.78, 5) is 4.25. The molecule has 0 aliphatic heterocycles. The van der Waals surface area contributed by atoms with Crippen LogP contribution >= 0.6 is 0 Å². The minimum Gasteiger partial charge on any atom is -0.334 e. The van der Waals surface area contributed by atoms with Crippen LogP contribution in [0.4, 0.5) is 0 Å². The van der Waals surface area contributed by atoms with E-state index in [1.54, 1.807) is 0 Å². The molecule has 0 spiro atoms. The summed E-state index contributed by atoms with van der Waals surface area (Å²) in [6, 6.07) is 0. The van der Waals surface area contributed by atoms with Gasteiger partial charge >= 0.3 is 0 Å². The highest BCUT2D eigenvalue weighted by Crippen LogP contribution is 2.15. The fourth-order valence-electron chi connectivity index (χ4n) is 1.17. The van der Waals surface area contributed by atoms with Crippen LogP contribution in [0, 0.1) is 0 Å². The van der Waals surface area contributed by atoms with Gasteiger partial charge in [0.2, 0.25) is 0 Å². The van der Waals surface area contributed by atoms with Gasteiger partial charge in [0, 0.05) is 19.4 Å². The van der Waals surface area contributed by atoms with Crippen LogP contribution in [0.15, 0.2) is 31.1 Å². The molecular formula is C10H14N2. The van der Waals surface area contributed by atoms with Crippen molar-refractivity contribution in [3.8, 4) is 0 Å². The molecule has 2 heteroatoms. The lowest BCUT2D eigenvalue weighted by Gasteiger charge is -2.03. The Hall–Kier alpha value is -1.31. The molecule has 0 aliphatic carbocycles. The molecule has 0 N–H and O–H groups in total. The van der Waals surface area contributed by atoms with Gasteiger partial charge in [0.25, 0.3) is 0 Å². The zero-order chi connectivity index (χ0) is 8.97. The molecule has 1 rings (SSSR count). The van der Waals surface area contributed by atoms with Gasteiger partial charge in [0.15, 0.2) is 0 Å². The molecule has 0 saturated heterocycles. The number of rotatable bonds is 3. The second-order valence-corrected chi connectivity index (χ2v) is 2.67. The van der Waals surface area contributed by atoms with Gasteiger partial charge in [0.05, 0.1) is 0 Å². The molecule has 1 heterocycles. The lowest BCUT2D eigenvalue weighted by Crippen LogP contribution is -1.95. The Labute approximate surface area is 73.2 Å². The number of aromatic nitrogens is 2. The number of allylic oxidation sites excluding steroid dienone is 3. The normalized spacial score (nSPS) is 11.7. The summed E-state index contributed by atoms with van der Waals surface area (Å²) >= 11 is 0. The molecule has 0 unspecified atom stereocenters. The summed E-state index contributed by atoms with van der Waals surface area (Å²) in [5, 5.41) is 0. The number of aryl methyl sites for hydroxylation is 1. The summed E-state index contributed by atoms with van der Waals surface area (Å²) in [7, 11) is 1.99. The molecule has 0 bridgehead atoms. The van der Waals surface area contributed by atoms with Crippen LogP contribution in [0.2, 0.25) is 0 Å². The Morgan fingerprint density at radius 2 is 2.50 bits per heavy atom. The van der Waals surface area contributed by atoms with E-state index in [9.17, 15) is 0 Å². The van der Waals surface area contributed by atoms with Crippen LogP contribution in [0.1, 0.15) is 19.2 Å². The van der Waals surface area contributed by atoms with E-state index in [4.69, 9.17) is 0 Å². The molecule has 64 valence electrons. The SMILES string of the molecule is C=CC/C(=C/C)c1nccn1C. The van der Waals surface area contributed by atoms with Gasteiger partial charge in [-0.2, -0.15) is 0 Å². The lowest BCUT2D eigenvalue weighted by molar-refractivity contribution is 0.884. The van der Waals surface area contributed by atoms with Crippen LogP contribution in [0.5, 0.6) is 0 Å². The third kappa shape index (κ3) is 1.64. The summed E-state index contributed by atoms with van der Waals surface area (Å²) in [5.41, 5.74) is 1.22. The molecule has 0 saturated carbocycles. The topological polar surface area (TPSA) is 17.8 Å². The molecule has 0 amide bonds. The van der Waals surface area contributed by atoms with Gasteiger partial charge in [-0.3, -0.25) is 0 Å². The smallest absolute Gasteiger partial charge is 0.135 e. The molecular weight excluding hydrogens is 148 g/mol. The minimum absolute atomic E-state index is 0.876. The standard InChI is InChI=1S/C10H14N2/c1-4-6-9(5-2)10-11-7-8-12(10)3/h4-5,7-8H,1,6H2,2-3H3/b9-5-. The van der Waals surface area contributed by atoms with E-state index in [0.29, 0.717) is 0 Å². The quantitative estimate of drug-likeness (QED) is 0.624. The van der Waals surface area contributed by atoms with Crippen LogP contribution in [-0.4, -0.2) is 9.55 Å². The number of nitrogens with zero attached hydrogens (tertiary/aromatic N) is 2. The van der Waals surface area contributed by atoms with Gasteiger partial charge in [0.1, 0.15) is 5.82 Å². The van der Waals surface area contributed by atoms with Gasteiger partial charge in [-0.05, 0) is 18.9 Å². The third-order valence-electron chi connectivity index (χ3n) is 1.82. The molecule has 0 atom stereocenters. The highest BCUT2D eigenvalue weighted by molar-refractivity contribution is 5.60. The van der Waals surface area contributed by atoms with Crippen molar-refractivity contribution in [3.05, 3.63) is 36.9 Å². The van der Waals surface area contributed by atoms with E-state index in [2.05, 4.69) is 17.6 Å². The molecule has 1 aromatic heterocycles. The fraction of sp³-hybridized carbons (Fsp3) is 0.300. The first-order valence-corrected chi connectivity index (χ1v) is 4.03. The maximum Gasteiger partial charge on any atom is 0.135 e. The fourth-order valence-corrected chi connectivity index (χ4v) is 1.17. The first kappa shape index (κ1) is 8.78. The molecule has 0 aliphatic rings. The average molecular weight is 162 g/mol. The second kappa shape index (κ2) is 3.90. The second-order valence-electron chi connectivity index (χ2n) is 2.67. The Balaban J connectivity index is 2.95. The molecule has 1 aromatic rings. The van der Waals surface area contributed by atoms with Crippen molar-refractivity contribution in [2.75, 3.05) is 0 Å². The average Bonchev–Trinajstić information content (AvgIpc) is 2.47. The predicted octanol–water partition coefficient (Wildman–Crippen LogP) is 2.40. The third-order valence-corrected chi connectivity index (χ3v) is 1.82. The monoisotopic (exact) mass is 162 g/mol. The van der Waals surface area contributed by atoms with Crippen molar-refractivity contribution in [2.45, 2.75) is 13.3 Å². The highest BCUT2D eigenvalue weighted by atomic mass is 15.0. The van der Waals surface area contributed by atoms with Crippen molar-refractivity contribution in [3.63, 3.8) is 0 Å². The summed E-state index contributed by atoms with van der Waals surface area (Å²) in [6.45, 7) is 5.73. The highest BCUT2D eigenvalue weighted by Gasteiger charge is 2.02. The lowest BCUT2D eigenvalue weighted by atomic mass is 10.1. The zero-order valence-corrected chi connectivity index (χ0v) is 7.62. The van der Waals surface area contributed by atoms with E-state index in [1.807, 2.05) is 37.0 Å². The van der Waals surface area contributed by atoms with Crippen LogP contribution in [-0.2, 0) is 7.05 Å². The molecule has 0 fully saturated rings. The first-order chi connectivity index (χ1) is 5.79. The van der Waals surface area contributed by atoms with Gasteiger partial charge in [-0.25, -0.2) is 4.98 Å². The maximum atomic E-state index is 4.25. The maximum absolute atomic E-state index is 4.25. The summed E-state index contributed by atoms with van der Waals surface area (Å²) in [6.07, 6.45) is 8.60. The van der Waals surface area contributed by atoms with E-state index in [-0.39, 0.29) is 0 Å². The zero-order valence-electron chi connectivity index (χ0n) is 7.62. The Morgan fingerprint density at radius 1 is 1.75 bits per heavy atom. The first-order valence-electron chi connectivity index (χ1n) is 4.03. The van der Waals surface area contributed by atoms with Crippen molar-refractivity contribution in [1.29, 1.82) is 0 Å². The van der Waals surface area contributed by atoms with E-state index < -0.39 is 0 Å². The van der Waals surface area contributed by atoms with Crippen LogP contribution < -0.4 is 0 Å². The number of hydrogen-bond donors (Lipinski definition) is 0. The van der Waals surface area contributed by atoms with Gasteiger partial charge in [-0.15, -0.1) is 6.58 Å². The van der Waals surface area contributed by atoms with Crippen LogP contribution in [0.3, 0.4) is 0 Å². The van der Waals surface area contributed by atoms with Crippen molar-refractivity contribution < 1.29 is 0 Å². The molecule has 2 nitrogen and oxygen atoms in total. The van der Waals surface area contributed by atoms with Crippen molar-refractivity contribution >= 4 is 5.57 Å². The molecule has 0 radical (unpaired) electrons. The Morgan fingerprint density at radius 3 is 2.92 bits per heavy atom. The van der Waals surface area contributed by atoms with Crippen LogP contribution in [0.25, 0.3) is 5.57 Å². The van der Waals surface area contributed by atoms with Gasteiger partial charge < -0.3 is 4.57 Å². The largest absolute Gasteiger partial charge is 0.334 e. The molecule has 12 heavy (non-hydrogen) atoms. The number of imidazole rings is 1. The van der Waals surface area contributed by atoms with E-state index >= 15 is 0 Å². The summed E-state index contributed by atoms with van der Waals surface area (Å²) in [5.74, 6) is 1.03. The minimum atomic E-state index is 0.876. The summed E-state index contributed by atoms with van der Waals surface area (Å²) < 4.78 is 2.01. The van der Waals surface area contributed by atoms with Crippen molar-refractivity contribution in [2.24, 2.45) is 7.05 Å².